The first-order chi connectivity index (χ1) is 8.06. The van der Waals surface area contributed by atoms with Gasteiger partial charge in [-0.25, -0.2) is 0 Å². The van der Waals surface area contributed by atoms with Gasteiger partial charge in [-0.2, -0.15) is 0 Å². The minimum absolute atomic E-state index is 0.501. The molecule has 5 heteroatoms. The van der Waals surface area contributed by atoms with E-state index in [2.05, 4.69) is 0 Å². The lowest BCUT2D eigenvalue weighted by molar-refractivity contribution is -0.141. The number of nitrogens with two attached hydrogens (primary N) is 1. The predicted octanol–water partition coefficient (Wildman–Crippen LogP) is 0.321. The lowest BCUT2D eigenvalue weighted by atomic mass is 10.0. The van der Waals surface area contributed by atoms with Gasteiger partial charge in [-0.3, -0.25) is 4.79 Å². The third-order valence-corrected chi connectivity index (χ3v) is 2.54. The molecule has 0 amide bonds. The van der Waals surface area contributed by atoms with Crippen molar-refractivity contribution in [3.05, 3.63) is 35.4 Å². The van der Waals surface area contributed by atoms with Crippen LogP contribution >= 0.6 is 0 Å². The summed E-state index contributed by atoms with van der Waals surface area (Å²) in [5.41, 5.74) is 6.90. The minimum atomic E-state index is -1.31. The van der Waals surface area contributed by atoms with E-state index in [1.165, 1.54) is 0 Å². The zero-order valence-electron chi connectivity index (χ0n) is 9.67. The van der Waals surface area contributed by atoms with E-state index in [0.29, 0.717) is 12.2 Å². The summed E-state index contributed by atoms with van der Waals surface area (Å²) >= 11 is 0. The Labute approximate surface area is 99.8 Å². The van der Waals surface area contributed by atoms with Crippen molar-refractivity contribution in [2.24, 2.45) is 5.73 Å². The Morgan fingerprint density at radius 3 is 2.47 bits per heavy atom. The van der Waals surface area contributed by atoms with Crippen LogP contribution < -0.4 is 5.73 Å². The number of aliphatic carboxylic acids is 1. The van der Waals surface area contributed by atoms with E-state index < -0.39 is 18.1 Å². The average Bonchev–Trinajstić information content (AvgIpc) is 2.35. The van der Waals surface area contributed by atoms with Crippen LogP contribution in [0, 0.1) is 0 Å². The molecule has 17 heavy (non-hydrogen) atoms. The Morgan fingerprint density at radius 1 is 1.41 bits per heavy atom. The van der Waals surface area contributed by atoms with Crippen molar-refractivity contribution in [3.8, 4) is 0 Å². The van der Waals surface area contributed by atoms with Crippen LogP contribution in [-0.4, -0.2) is 35.9 Å². The van der Waals surface area contributed by atoms with Crippen LogP contribution in [0.4, 0.5) is 0 Å². The molecule has 2 atom stereocenters. The van der Waals surface area contributed by atoms with Gasteiger partial charge in [0.05, 0.1) is 6.61 Å². The third kappa shape index (κ3) is 3.81. The summed E-state index contributed by atoms with van der Waals surface area (Å²) in [6.07, 6.45) is -0.415. The Bertz CT molecular complexity index is 363. The van der Waals surface area contributed by atoms with Gasteiger partial charge in [-0.05, 0) is 17.5 Å². The fraction of sp³-hybridized carbons (Fsp3) is 0.417. The molecule has 0 heterocycles. The van der Waals surface area contributed by atoms with Crippen molar-refractivity contribution < 1.29 is 19.7 Å². The summed E-state index contributed by atoms with van der Waals surface area (Å²) in [4.78, 5) is 10.6. The number of carboxylic acid groups (broad SMARTS) is 1. The monoisotopic (exact) mass is 239 g/mol. The number of hydrogen-bond donors (Lipinski definition) is 3. The van der Waals surface area contributed by atoms with E-state index in [9.17, 15) is 9.90 Å². The first-order valence-electron chi connectivity index (χ1n) is 5.30. The normalized spacial score (nSPS) is 14.3. The summed E-state index contributed by atoms with van der Waals surface area (Å²) in [5, 5.41) is 18.4. The van der Waals surface area contributed by atoms with Gasteiger partial charge in [-0.1, -0.05) is 24.3 Å². The summed E-state index contributed by atoms with van der Waals surface area (Å²) in [6, 6.07) is 5.70. The van der Waals surface area contributed by atoms with E-state index in [4.69, 9.17) is 15.6 Å². The summed E-state index contributed by atoms with van der Waals surface area (Å²) in [6.45, 7) is 0.622. The van der Waals surface area contributed by atoms with Crippen LogP contribution in [0.25, 0.3) is 0 Å². The van der Waals surface area contributed by atoms with Crippen LogP contribution in [0.5, 0.6) is 0 Å². The fourth-order valence-corrected chi connectivity index (χ4v) is 1.44. The van der Waals surface area contributed by atoms with Crippen LogP contribution in [0.2, 0.25) is 0 Å². The van der Waals surface area contributed by atoms with Crippen molar-refractivity contribution in [1.29, 1.82) is 0 Å². The van der Waals surface area contributed by atoms with E-state index in [1.54, 1.807) is 19.2 Å². The number of aliphatic hydroxyl groups is 1. The topological polar surface area (TPSA) is 92.8 Å². The molecule has 0 radical (unpaired) electrons. The molecular weight excluding hydrogens is 222 g/mol. The van der Waals surface area contributed by atoms with Gasteiger partial charge in [0.15, 0.2) is 0 Å². The maximum absolute atomic E-state index is 10.6. The molecule has 0 bridgehead atoms. The van der Waals surface area contributed by atoms with E-state index >= 15 is 0 Å². The lowest BCUT2D eigenvalue weighted by Crippen LogP contribution is -2.36. The zero-order chi connectivity index (χ0) is 12.8. The number of ether oxygens (including phenoxy) is 1. The Balaban J connectivity index is 2.69. The molecule has 0 saturated carbocycles. The molecule has 1 aromatic carbocycles. The molecule has 0 aliphatic carbocycles. The van der Waals surface area contributed by atoms with Crippen LogP contribution in [-0.2, 0) is 16.0 Å². The van der Waals surface area contributed by atoms with E-state index in [1.807, 2.05) is 12.1 Å². The number of carbonyl (C=O) groups is 1. The van der Waals surface area contributed by atoms with Gasteiger partial charge in [0.1, 0.15) is 12.1 Å². The highest BCUT2D eigenvalue weighted by atomic mass is 16.5. The van der Waals surface area contributed by atoms with Crippen LogP contribution in [0.3, 0.4) is 0 Å². The molecule has 5 nitrogen and oxygen atoms in total. The zero-order valence-corrected chi connectivity index (χ0v) is 9.67. The number of carboxylic acids is 1. The average molecular weight is 239 g/mol. The molecule has 0 aliphatic rings. The number of methoxy groups -OCH3 is 1. The first-order valence-corrected chi connectivity index (χ1v) is 5.30. The van der Waals surface area contributed by atoms with Crippen molar-refractivity contribution in [1.82, 2.24) is 0 Å². The Hall–Kier alpha value is -1.43. The van der Waals surface area contributed by atoms with Gasteiger partial charge in [0.2, 0.25) is 0 Å². The second-order valence-electron chi connectivity index (χ2n) is 3.79. The molecule has 0 spiro atoms. The highest BCUT2D eigenvalue weighted by Gasteiger charge is 2.23. The number of rotatable bonds is 6. The standard InChI is InChI=1S/C12H17NO4/c1-17-7-6-8-2-4-9(5-3-8)11(14)10(13)12(15)16/h2-5,10-11,14H,6-7,13H2,1H3,(H,15,16)/t10-,11+/m0/s1. The molecule has 94 valence electrons. The van der Waals surface area contributed by atoms with E-state index in [-0.39, 0.29) is 0 Å². The predicted molar refractivity (Wildman–Crippen MR) is 62.6 cm³/mol. The summed E-state index contributed by atoms with van der Waals surface area (Å²) in [5.74, 6) is -1.22. The number of benzene rings is 1. The lowest BCUT2D eigenvalue weighted by Gasteiger charge is -2.15. The molecular formula is C12H17NO4. The first kappa shape index (κ1) is 13.6. The minimum Gasteiger partial charge on any atom is -0.480 e. The van der Waals surface area contributed by atoms with Crippen molar-refractivity contribution >= 4 is 5.97 Å². The van der Waals surface area contributed by atoms with E-state index in [0.717, 1.165) is 12.0 Å². The van der Waals surface area contributed by atoms with Gasteiger partial charge in [-0.15, -0.1) is 0 Å². The maximum Gasteiger partial charge on any atom is 0.323 e. The molecule has 0 aromatic heterocycles. The summed E-state index contributed by atoms with van der Waals surface area (Å²) < 4.78 is 4.95. The molecule has 0 fully saturated rings. The molecule has 1 aromatic rings. The molecule has 0 aliphatic heterocycles. The van der Waals surface area contributed by atoms with Crippen molar-refractivity contribution in [2.45, 2.75) is 18.6 Å². The highest BCUT2D eigenvalue weighted by molar-refractivity contribution is 5.74. The van der Waals surface area contributed by atoms with Crippen molar-refractivity contribution in [3.63, 3.8) is 0 Å². The quantitative estimate of drug-likeness (QED) is 0.665. The molecule has 0 unspecified atom stereocenters. The Morgan fingerprint density at radius 2 is 2.00 bits per heavy atom. The van der Waals surface area contributed by atoms with Crippen LogP contribution in [0.15, 0.2) is 24.3 Å². The molecule has 0 saturated heterocycles. The van der Waals surface area contributed by atoms with Crippen LogP contribution in [0.1, 0.15) is 17.2 Å². The second-order valence-corrected chi connectivity index (χ2v) is 3.79. The highest BCUT2D eigenvalue weighted by Crippen LogP contribution is 2.16. The van der Waals surface area contributed by atoms with Crippen molar-refractivity contribution in [2.75, 3.05) is 13.7 Å². The largest absolute Gasteiger partial charge is 0.480 e. The Kier molecular flexibility index (Phi) is 5.09. The van der Waals surface area contributed by atoms with Gasteiger partial charge < -0.3 is 20.7 Å². The van der Waals surface area contributed by atoms with Gasteiger partial charge >= 0.3 is 5.97 Å². The smallest absolute Gasteiger partial charge is 0.323 e. The van der Waals surface area contributed by atoms with Gasteiger partial charge in [0.25, 0.3) is 0 Å². The SMILES string of the molecule is COCCc1ccc([C@@H](O)[C@H](N)C(=O)O)cc1. The second kappa shape index (κ2) is 6.34. The summed E-state index contributed by atoms with van der Waals surface area (Å²) in [7, 11) is 1.63. The molecule has 1 rings (SSSR count). The van der Waals surface area contributed by atoms with Gasteiger partial charge in [0, 0.05) is 7.11 Å². The third-order valence-electron chi connectivity index (χ3n) is 2.54. The maximum atomic E-state index is 10.6. The molecule has 4 N–H and O–H groups in total. The number of hydrogen-bond acceptors (Lipinski definition) is 4. The number of aliphatic hydroxyl groups excluding tert-OH is 1. The fourth-order valence-electron chi connectivity index (χ4n) is 1.44.